The summed E-state index contributed by atoms with van der Waals surface area (Å²) in [5.41, 5.74) is 5.48. The standard InChI is InChI=1S/C33H32N4O2S/c1-40-24-8-6-7-23(18-24)37-21-22(17-31(37)38)32(39)36-15-13-33(14-16-36,27-19-34-29-11-4-2-9-25(27)29)28-20-35-30-12-5-3-10-26(28)30/h2-12,18-20,22,34-35H,13-17,21H2,1H3/t22-/m0/s1. The van der Waals surface area contributed by atoms with E-state index in [2.05, 4.69) is 70.9 Å². The molecule has 2 fully saturated rings. The van der Waals surface area contributed by atoms with Crippen LogP contribution in [0.15, 0.2) is 90.1 Å². The molecule has 0 spiro atoms. The fraction of sp³-hybridized carbons (Fsp3) is 0.273. The first-order valence-corrected chi connectivity index (χ1v) is 15.2. The number of hydrogen-bond acceptors (Lipinski definition) is 3. The number of nitrogens with zero attached hydrogens (tertiary/aromatic N) is 2. The van der Waals surface area contributed by atoms with Crippen LogP contribution in [0.4, 0.5) is 5.69 Å². The number of thioether (sulfide) groups is 1. The average molecular weight is 549 g/mol. The Morgan fingerprint density at radius 2 is 1.50 bits per heavy atom. The number of nitrogens with one attached hydrogen (secondary N) is 2. The van der Waals surface area contributed by atoms with Gasteiger partial charge in [0.05, 0.1) is 5.92 Å². The van der Waals surface area contributed by atoms with E-state index in [1.165, 1.54) is 21.9 Å². The Labute approximate surface area is 237 Å². The highest BCUT2D eigenvalue weighted by molar-refractivity contribution is 7.98. The molecule has 0 radical (unpaired) electrons. The minimum atomic E-state index is -0.306. The lowest BCUT2D eigenvalue weighted by Gasteiger charge is -2.43. The number of likely N-dealkylation sites (tertiary alicyclic amines) is 1. The van der Waals surface area contributed by atoms with Gasteiger partial charge in [0, 0.05) is 76.3 Å². The molecule has 1 atom stereocenters. The van der Waals surface area contributed by atoms with Crippen LogP contribution in [0.1, 0.15) is 30.4 Å². The van der Waals surface area contributed by atoms with Crippen molar-refractivity contribution >= 4 is 51.1 Å². The van der Waals surface area contributed by atoms with Gasteiger partial charge < -0.3 is 19.8 Å². The number of aromatic nitrogens is 2. The molecule has 0 saturated carbocycles. The third-order valence-corrected chi connectivity index (χ3v) is 9.70. The second-order valence-electron chi connectivity index (χ2n) is 11.0. The van der Waals surface area contributed by atoms with Crippen molar-refractivity contribution in [3.05, 3.63) is 96.3 Å². The van der Waals surface area contributed by atoms with E-state index in [1.54, 1.807) is 16.7 Å². The number of para-hydroxylation sites is 2. The Hall–Kier alpha value is -3.97. The first-order valence-electron chi connectivity index (χ1n) is 13.9. The molecule has 0 bridgehead atoms. The van der Waals surface area contributed by atoms with Crippen molar-refractivity contribution in [2.24, 2.45) is 5.92 Å². The smallest absolute Gasteiger partial charge is 0.228 e. The van der Waals surface area contributed by atoms with Crippen molar-refractivity contribution in [2.45, 2.75) is 29.6 Å². The van der Waals surface area contributed by atoms with Crippen LogP contribution in [0.25, 0.3) is 21.8 Å². The van der Waals surface area contributed by atoms with Crippen LogP contribution in [-0.2, 0) is 15.0 Å². The summed E-state index contributed by atoms with van der Waals surface area (Å²) in [7, 11) is 0. The monoisotopic (exact) mass is 548 g/mol. The highest BCUT2D eigenvalue weighted by Crippen LogP contribution is 2.47. The van der Waals surface area contributed by atoms with E-state index in [1.807, 2.05) is 35.4 Å². The summed E-state index contributed by atoms with van der Waals surface area (Å²) in [5.74, 6) is -0.178. The van der Waals surface area contributed by atoms with Crippen LogP contribution in [-0.4, -0.2) is 52.6 Å². The highest BCUT2D eigenvalue weighted by Gasteiger charge is 2.44. The van der Waals surface area contributed by atoms with Gasteiger partial charge in [-0.2, -0.15) is 0 Å². The van der Waals surface area contributed by atoms with Crippen LogP contribution >= 0.6 is 11.8 Å². The largest absolute Gasteiger partial charge is 0.361 e. The Balaban J connectivity index is 1.17. The van der Waals surface area contributed by atoms with Crippen molar-refractivity contribution in [2.75, 3.05) is 30.8 Å². The minimum Gasteiger partial charge on any atom is -0.361 e. The van der Waals surface area contributed by atoms with Gasteiger partial charge in [-0.3, -0.25) is 9.59 Å². The van der Waals surface area contributed by atoms with Gasteiger partial charge in [0.15, 0.2) is 0 Å². The number of carbonyl (C=O) groups is 2. The summed E-state index contributed by atoms with van der Waals surface area (Å²) in [6.07, 6.45) is 8.28. The lowest BCUT2D eigenvalue weighted by atomic mass is 9.67. The average Bonchev–Trinajstić information content (AvgIpc) is 3.74. The number of piperidine rings is 1. The van der Waals surface area contributed by atoms with Crippen LogP contribution in [0.3, 0.4) is 0 Å². The number of anilines is 1. The molecule has 40 heavy (non-hydrogen) atoms. The van der Waals surface area contributed by atoms with Crippen LogP contribution in [0.5, 0.6) is 0 Å². The molecule has 2 saturated heterocycles. The van der Waals surface area contributed by atoms with E-state index in [4.69, 9.17) is 0 Å². The molecule has 2 aliphatic heterocycles. The maximum atomic E-state index is 13.8. The normalized spacial score (nSPS) is 19.1. The molecule has 6 nitrogen and oxygen atoms in total. The summed E-state index contributed by atoms with van der Waals surface area (Å²) in [6.45, 7) is 1.76. The third kappa shape index (κ3) is 4.03. The molecular weight excluding hydrogens is 516 g/mol. The van der Waals surface area contributed by atoms with Gasteiger partial charge in [-0.15, -0.1) is 11.8 Å². The summed E-state index contributed by atoms with van der Waals surface area (Å²) in [5, 5.41) is 2.47. The molecule has 2 aliphatic rings. The molecule has 0 aliphatic carbocycles. The number of aromatic amines is 2. The van der Waals surface area contributed by atoms with Crippen LogP contribution in [0.2, 0.25) is 0 Å². The molecule has 0 unspecified atom stereocenters. The summed E-state index contributed by atoms with van der Waals surface area (Å²) in [4.78, 5) is 38.7. The van der Waals surface area contributed by atoms with Gasteiger partial charge in [0.25, 0.3) is 0 Å². The summed E-state index contributed by atoms with van der Waals surface area (Å²) in [6, 6.07) is 25.0. The van der Waals surface area contributed by atoms with Gasteiger partial charge in [0.1, 0.15) is 0 Å². The molecule has 7 rings (SSSR count). The predicted molar refractivity (Wildman–Crippen MR) is 162 cm³/mol. The van der Waals surface area contributed by atoms with E-state index in [0.717, 1.165) is 34.5 Å². The number of fused-ring (bicyclic) bond motifs is 2. The number of rotatable bonds is 5. The highest BCUT2D eigenvalue weighted by atomic mass is 32.2. The second kappa shape index (κ2) is 9.89. The number of benzene rings is 3. The van der Waals surface area contributed by atoms with Crippen molar-refractivity contribution in [1.82, 2.24) is 14.9 Å². The number of carbonyl (C=O) groups excluding carboxylic acids is 2. The fourth-order valence-corrected chi connectivity index (χ4v) is 7.34. The Morgan fingerprint density at radius 1 is 0.875 bits per heavy atom. The molecule has 2 N–H and O–H groups in total. The predicted octanol–water partition coefficient (Wildman–Crippen LogP) is 6.33. The zero-order valence-electron chi connectivity index (χ0n) is 22.5. The van der Waals surface area contributed by atoms with E-state index >= 15 is 0 Å². The maximum absolute atomic E-state index is 13.8. The molecule has 202 valence electrons. The SMILES string of the molecule is CSc1cccc(N2C[C@@H](C(=O)N3CCC(c4c[nH]c5ccccc45)(c4c[nH]c5ccccc45)CC3)CC2=O)c1. The minimum absolute atomic E-state index is 0.0283. The summed E-state index contributed by atoms with van der Waals surface area (Å²) >= 11 is 1.65. The van der Waals surface area contributed by atoms with Crippen LogP contribution < -0.4 is 4.90 Å². The van der Waals surface area contributed by atoms with Gasteiger partial charge in [-0.05, 0) is 60.6 Å². The molecule has 7 heteroatoms. The lowest BCUT2D eigenvalue weighted by molar-refractivity contribution is -0.137. The Bertz CT molecular complexity index is 1650. The lowest BCUT2D eigenvalue weighted by Crippen LogP contribution is -2.47. The van der Waals surface area contributed by atoms with Crippen molar-refractivity contribution in [3.8, 4) is 0 Å². The fourth-order valence-electron chi connectivity index (χ4n) is 6.89. The number of amides is 2. The van der Waals surface area contributed by atoms with Crippen LogP contribution in [0, 0.1) is 5.92 Å². The van der Waals surface area contributed by atoms with Gasteiger partial charge in [-0.25, -0.2) is 0 Å². The zero-order valence-corrected chi connectivity index (χ0v) is 23.3. The number of H-pyrrole nitrogens is 2. The number of hydrogen-bond donors (Lipinski definition) is 2. The van der Waals surface area contributed by atoms with E-state index < -0.39 is 0 Å². The zero-order chi connectivity index (χ0) is 27.3. The first kappa shape index (κ1) is 25.0. The molecule has 3 aromatic carbocycles. The van der Waals surface area contributed by atoms with Crippen molar-refractivity contribution in [3.63, 3.8) is 0 Å². The van der Waals surface area contributed by atoms with Gasteiger partial charge in [-0.1, -0.05) is 42.5 Å². The molecular formula is C33H32N4O2S. The Morgan fingerprint density at radius 3 is 2.12 bits per heavy atom. The molecule has 2 aromatic heterocycles. The topological polar surface area (TPSA) is 72.2 Å². The molecule has 5 aromatic rings. The molecule has 2 amide bonds. The molecule has 4 heterocycles. The second-order valence-corrected chi connectivity index (χ2v) is 11.9. The van der Waals surface area contributed by atoms with Gasteiger partial charge >= 0.3 is 0 Å². The first-order chi connectivity index (χ1) is 19.6. The van der Waals surface area contributed by atoms with Gasteiger partial charge in [0.2, 0.25) is 11.8 Å². The summed E-state index contributed by atoms with van der Waals surface area (Å²) < 4.78 is 0. The Kier molecular flexibility index (Phi) is 6.19. The van der Waals surface area contributed by atoms with E-state index in [9.17, 15) is 9.59 Å². The van der Waals surface area contributed by atoms with E-state index in [0.29, 0.717) is 19.6 Å². The van der Waals surface area contributed by atoms with E-state index in [-0.39, 0.29) is 29.6 Å². The third-order valence-electron chi connectivity index (χ3n) is 8.98. The maximum Gasteiger partial charge on any atom is 0.228 e. The van der Waals surface area contributed by atoms with Crippen molar-refractivity contribution < 1.29 is 9.59 Å². The van der Waals surface area contributed by atoms with Crippen molar-refractivity contribution in [1.29, 1.82) is 0 Å². The quantitative estimate of drug-likeness (QED) is 0.252.